The van der Waals surface area contributed by atoms with Crippen molar-refractivity contribution in [1.29, 1.82) is 0 Å². The lowest BCUT2D eigenvalue weighted by Gasteiger charge is -2.37. The summed E-state index contributed by atoms with van der Waals surface area (Å²) >= 11 is 0. The summed E-state index contributed by atoms with van der Waals surface area (Å²) in [5.41, 5.74) is 2.37. The van der Waals surface area contributed by atoms with Crippen molar-refractivity contribution >= 4 is 5.91 Å². The molecule has 0 aliphatic carbocycles. The summed E-state index contributed by atoms with van der Waals surface area (Å²) in [4.78, 5) is 13.1. The zero-order valence-corrected chi connectivity index (χ0v) is 10.9. The summed E-state index contributed by atoms with van der Waals surface area (Å²) < 4.78 is 38.0. The van der Waals surface area contributed by atoms with E-state index in [-0.39, 0.29) is 0 Å². The van der Waals surface area contributed by atoms with Crippen LogP contribution in [-0.2, 0) is 4.79 Å². The summed E-state index contributed by atoms with van der Waals surface area (Å²) in [7, 11) is 0. The lowest BCUT2D eigenvalue weighted by Crippen LogP contribution is -2.63. The number of carbonyl (C=O) groups is 1. The zero-order valence-electron chi connectivity index (χ0n) is 10.9. The molecule has 0 saturated carbocycles. The van der Waals surface area contributed by atoms with E-state index in [1.807, 2.05) is 0 Å². The quantitative estimate of drug-likeness (QED) is 0.852. The number of carbonyl (C=O) groups excluding carboxylic acids is 1. The van der Waals surface area contributed by atoms with Crippen molar-refractivity contribution in [2.45, 2.75) is 51.2 Å². The Morgan fingerprint density at radius 2 is 1.83 bits per heavy atom. The first-order valence-corrected chi connectivity index (χ1v) is 6.35. The molecule has 0 spiro atoms. The van der Waals surface area contributed by atoms with Gasteiger partial charge >= 0.3 is 6.18 Å². The standard InChI is InChI=1S/C12H21F3N2O/c1-3-4-9-5-7-17(8-6-9)10(18)11(2,16)12(13,14)15/h9H,3-8,16H2,1-2H3. The van der Waals surface area contributed by atoms with E-state index in [1.165, 1.54) is 4.90 Å². The number of hydrogen-bond donors (Lipinski definition) is 1. The second-order valence-electron chi connectivity index (χ2n) is 5.22. The van der Waals surface area contributed by atoms with Gasteiger partial charge in [-0.3, -0.25) is 4.79 Å². The Kier molecular flexibility index (Phi) is 4.64. The highest BCUT2D eigenvalue weighted by Gasteiger charge is 2.55. The van der Waals surface area contributed by atoms with Gasteiger partial charge in [-0.25, -0.2) is 0 Å². The largest absolute Gasteiger partial charge is 0.415 e. The molecule has 0 bridgehead atoms. The Morgan fingerprint density at radius 1 is 1.33 bits per heavy atom. The van der Waals surface area contributed by atoms with Crippen LogP contribution in [-0.4, -0.2) is 35.6 Å². The number of hydrogen-bond acceptors (Lipinski definition) is 2. The molecule has 1 fully saturated rings. The van der Waals surface area contributed by atoms with Gasteiger partial charge in [-0.15, -0.1) is 0 Å². The van der Waals surface area contributed by atoms with E-state index in [1.54, 1.807) is 0 Å². The Hall–Kier alpha value is -0.780. The van der Waals surface area contributed by atoms with E-state index in [4.69, 9.17) is 5.73 Å². The first-order valence-electron chi connectivity index (χ1n) is 6.35. The number of nitrogens with two attached hydrogens (primary N) is 1. The van der Waals surface area contributed by atoms with Gasteiger partial charge in [0.15, 0.2) is 5.54 Å². The molecule has 1 atom stereocenters. The minimum Gasteiger partial charge on any atom is -0.341 e. The van der Waals surface area contributed by atoms with E-state index in [9.17, 15) is 18.0 Å². The third-order valence-electron chi connectivity index (χ3n) is 3.63. The van der Waals surface area contributed by atoms with Crippen molar-refractivity contribution in [1.82, 2.24) is 4.90 Å². The maximum atomic E-state index is 12.7. The number of alkyl halides is 3. The molecule has 1 aliphatic heterocycles. The van der Waals surface area contributed by atoms with Gasteiger partial charge in [-0.1, -0.05) is 19.8 Å². The molecule has 1 heterocycles. The van der Waals surface area contributed by atoms with Crippen LogP contribution >= 0.6 is 0 Å². The van der Waals surface area contributed by atoms with Gasteiger partial charge in [0.05, 0.1) is 0 Å². The van der Waals surface area contributed by atoms with Crippen molar-refractivity contribution in [3.05, 3.63) is 0 Å². The fourth-order valence-corrected chi connectivity index (χ4v) is 2.28. The van der Waals surface area contributed by atoms with E-state index >= 15 is 0 Å². The molecule has 6 heteroatoms. The van der Waals surface area contributed by atoms with Gasteiger partial charge in [0.2, 0.25) is 0 Å². The van der Waals surface area contributed by atoms with Crippen LogP contribution < -0.4 is 5.73 Å². The third kappa shape index (κ3) is 3.16. The molecule has 1 aliphatic rings. The first kappa shape index (κ1) is 15.3. The first-order chi connectivity index (χ1) is 8.20. The highest BCUT2D eigenvalue weighted by atomic mass is 19.4. The number of piperidine rings is 1. The predicted octanol–water partition coefficient (Wildman–Crippen LogP) is 2.30. The summed E-state index contributed by atoms with van der Waals surface area (Å²) in [6.07, 6.45) is -1.03. The predicted molar refractivity (Wildman–Crippen MR) is 62.9 cm³/mol. The van der Waals surface area contributed by atoms with Gasteiger partial charge in [-0.2, -0.15) is 13.2 Å². The lowest BCUT2D eigenvalue weighted by atomic mass is 9.91. The summed E-state index contributed by atoms with van der Waals surface area (Å²) in [6.45, 7) is 3.59. The molecule has 18 heavy (non-hydrogen) atoms. The smallest absolute Gasteiger partial charge is 0.341 e. The monoisotopic (exact) mass is 266 g/mol. The molecule has 0 aromatic carbocycles. The van der Waals surface area contributed by atoms with Crippen LogP contribution in [0.1, 0.15) is 39.5 Å². The second kappa shape index (κ2) is 5.47. The van der Waals surface area contributed by atoms with E-state index < -0.39 is 17.6 Å². The maximum Gasteiger partial charge on any atom is 0.415 e. The Bertz CT molecular complexity index is 294. The van der Waals surface area contributed by atoms with Gasteiger partial charge in [0.25, 0.3) is 5.91 Å². The molecule has 0 aromatic heterocycles. The SMILES string of the molecule is CCCC1CCN(C(=O)C(C)(N)C(F)(F)F)CC1. The number of likely N-dealkylation sites (tertiary alicyclic amines) is 1. The number of amides is 1. The molecular formula is C12H21F3N2O. The topological polar surface area (TPSA) is 46.3 Å². The van der Waals surface area contributed by atoms with Crippen LogP contribution in [0, 0.1) is 5.92 Å². The summed E-state index contributed by atoms with van der Waals surface area (Å²) in [5.74, 6) is -0.487. The Morgan fingerprint density at radius 3 is 2.22 bits per heavy atom. The second-order valence-corrected chi connectivity index (χ2v) is 5.22. The number of nitrogens with zero attached hydrogens (tertiary/aromatic N) is 1. The van der Waals surface area contributed by atoms with Crippen LogP contribution in [0.25, 0.3) is 0 Å². The molecule has 0 radical (unpaired) electrons. The minimum absolute atomic E-state index is 0.381. The molecule has 1 amide bonds. The van der Waals surface area contributed by atoms with E-state index in [0.29, 0.717) is 19.0 Å². The van der Waals surface area contributed by atoms with Crippen LogP contribution in [0.15, 0.2) is 0 Å². The summed E-state index contributed by atoms with van der Waals surface area (Å²) in [5, 5.41) is 0. The van der Waals surface area contributed by atoms with Crippen LogP contribution in [0.2, 0.25) is 0 Å². The third-order valence-corrected chi connectivity index (χ3v) is 3.63. The molecule has 106 valence electrons. The van der Waals surface area contributed by atoms with Gasteiger partial charge in [-0.05, 0) is 25.7 Å². The molecule has 3 nitrogen and oxygen atoms in total. The van der Waals surface area contributed by atoms with Crippen LogP contribution in [0.5, 0.6) is 0 Å². The Labute approximate surface area is 106 Å². The van der Waals surface area contributed by atoms with Crippen LogP contribution in [0.4, 0.5) is 13.2 Å². The fourth-order valence-electron chi connectivity index (χ4n) is 2.28. The highest BCUT2D eigenvalue weighted by Crippen LogP contribution is 2.31. The van der Waals surface area contributed by atoms with Gasteiger partial charge in [0.1, 0.15) is 0 Å². The Balaban J connectivity index is 2.60. The molecule has 1 unspecified atom stereocenters. The normalized spacial score (nSPS) is 21.8. The van der Waals surface area contributed by atoms with Crippen molar-refractivity contribution < 1.29 is 18.0 Å². The zero-order chi connectivity index (χ0) is 14.0. The molecule has 1 saturated heterocycles. The fraction of sp³-hybridized carbons (Fsp3) is 0.917. The van der Waals surface area contributed by atoms with Gasteiger partial charge < -0.3 is 10.6 Å². The van der Waals surface area contributed by atoms with Crippen LogP contribution in [0.3, 0.4) is 0 Å². The van der Waals surface area contributed by atoms with Crippen molar-refractivity contribution in [3.8, 4) is 0 Å². The van der Waals surface area contributed by atoms with Crippen molar-refractivity contribution in [2.24, 2.45) is 11.7 Å². The number of halogens is 3. The molecule has 2 N–H and O–H groups in total. The van der Waals surface area contributed by atoms with Crippen molar-refractivity contribution in [2.75, 3.05) is 13.1 Å². The average Bonchev–Trinajstić information content (AvgIpc) is 2.28. The number of rotatable bonds is 3. The highest BCUT2D eigenvalue weighted by molar-refractivity contribution is 5.86. The molecular weight excluding hydrogens is 245 g/mol. The van der Waals surface area contributed by atoms with Gasteiger partial charge in [0, 0.05) is 13.1 Å². The molecule has 0 aromatic rings. The maximum absolute atomic E-state index is 12.7. The van der Waals surface area contributed by atoms with E-state index in [0.717, 1.165) is 32.6 Å². The molecule has 1 rings (SSSR count). The lowest BCUT2D eigenvalue weighted by molar-refractivity contribution is -0.194. The van der Waals surface area contributed by atoms with E-state index in [2.05, 4.69) is 6.92 Å². The average molecular weight is 266 g/mol. The minimum atomic E-state index is -4.70. The summed E-state index contributed by atoms with van der Waals surface area (Å²) in [6, 6.07) is 0. The van der Waals surface area contributed by atoms with Crippen molar-refractivity contribution in [3.63, 3.8) is 0 Å².